The molecule has 1 fully saturated rings. The lowest BCUT2D eigenvalue weighted by Crippen LogP contribution is -2.48. The number of fused-ring (bicyclic) bond motifs is 1. The van der Waals surface area contributed by atoms with E-state index < -0.39 is 5.60 Å². The zero-order valence-electron chi connectivity index (χ0n) is 10.4. The van der Waals surface area contributed by atoms with Crippen LogP contribution in [0.2, 0.25) is 0 Å². The van der Waals surface area contributed by atoms with E-state index >= 15 is 0 Å². The van der Waals surface area contributed by atoms with E-state index in [2.05, 4.69) is 16.8 Å². The molecule has 1 amide bonds. The Kier molecular flexibility index (Phi) is 3.16. The maximum atomic E-state index is 12.2. The fraction of sp³-hybridized carbons (Fsp3) is 0.643. The van der Waals surface area contributed by atoms with Crippen LogP contribution in [0.25, 0.3) is 0 Å². The molecule has 1 aromatic rings. The number of aliphatic hydroxyl groups is 1. The minimum absolute atomic E-state index is 0.00340. The molecule has 0 saturated heterocycles. The minimum atomic E-state index is -0.623. The van der Waals surface area contributed by atoms with Crippen LogP contribution in [0.3, 0.4) is 0 Å². The number of nitrogens with one attached hydrogen (secondary N) is 1. The molecule has 0 bridgehead atoms. The summed E-state index contributed by atoms with van der Waals surface area (Å²) in [4.78, 5) is 13.6. The smallest absolute Gasteiger partial charge is 0.227 e. The lowest BCUT2D eigenvalue weighted by Gasteiger charge is -2.37. The minimum Gasteiger partial charge on any atom is -0.388 e. The van der Waals surface area contributed by atoms with Crippen molar-refractivity contribution in [2.45, 2.75) is 50.0 Å². The number of hydrogen-bond acceptors (Lipinski definition) is 3. The normalized spacial score (nSPS) is 25.1. The van der Waals surface area contributed by atoms with Crippen LogP contribution in [0.15, 0.2) is 11.4 Å². The third-order valence-electron chi connectivity index (χ3n) is 4.24. The third-order valence-corrected chi connectivity index (χ3v) is 5.24. The van der Waals surface area contributed by atoms with E-state index in [9.17, 15) is 9.90 Å². The van der Waals surface area contributed by atoms with Gasteiger partial charge in [-0.2, -0.15) is 0 Å². The van der Waals surface area contributed by atoms with Gasteiger partial charge in [-0.15, -0.1) is 11.3 Å². The summed E-state index contributed by atoms with van der Waals surface area (Å²) in [5, 5.41) is 15.0. The number of hydrogen-bond donors (Lipinski definition) is 2. The van der Waals surface area contributed by atoms with Gasteiger partial charge in [0.15, 0.2) is 0 Å². The molecule has 2 aliphatic carbocycles. The van der Waals surface area contributed by atoms with Gasteiger partial charge in [0, 0.05) is 11.4 Å². The van der Waals surface area contributed by atoms with Crippen LogP contribution in [-0.2, 0) is 11.2 Å². The molecule has 0 spiro atoms. The second-order valence-electron chi connectivity index (χ2n) is 5.54. The fourth-order valence-electron chi connectivity index (χ4n) is 2.90. The van der Waals surface area contributed by atoms with Gasteiger partial charge in [-0.3, -0.25) is 4.79 Å². The van der Waals surface area contributed by atoms with Crippen molar-refractivity contribution in [1.82, 2.24) is 5.32 Å². The Labute approximate surface area is 111 Å². The number of amides is 1. The first-order valence-corrected chi connectivity index (χ1v) is 7.62. The van der Waals surface area contributed by atoms with E-state index in [1.165, 1.54) is 10.4 Å². The van der Waals surface area contributed by atoms with Crippen LogP contribution >= 0.6 is 11.3 Å². The van der Waals surface area contributed by atoms with Crippen molar-refractivity contribution >= 4 is 17.2 Å². The molecule has 1 aromatic heterocycles. The number of thiophene rings is 1. The van der Waals surface area contributed by atoms with Crippen molar-refractivity contribution in [1.29, 1.82) is 0 Å². The summed E-state index contributed by atoms with van der Waals surface area (Å²) in [6.45, 7) is 0.418. The van der Waals surface area contributed by atoms with Gasteiger partial charge in [-0.25, -0.2) is 0 Å². The van der Waals surface area contributed by atoms with Crippen LogP contribution in [-0.4, -0.2) is 23.2 Å². The molecule has 3 nitrogen and oxygen atoms in total. The summed E-state index contributed by atoms with van der Waals surface area (Å²) in [5.41, 5.74) is 0.589. The number of aryl methyl sites for hydroxylation is 1. The predicted octanol–water partition coefficient (Wildman–Crippen LogP) is 2.20. The molecule has 4 heteroatoms. The van der Waals surface area contributed by atoms with E-state index in [4.69, 9.17) is 0 Å². The van der Waals surface area contributed by atoms with Gasteiger partial charge < -0.3 is 10.4 Å². The summed E-state index contributed by atoms with van der Waals surface area (Å²) >= 11 is 1.76. The standard InChI is InChI=1S/C14H19NO2S/c16-13(15-9-14(17)6-2-7-14)11-3-1-4-12-10(11)5-8-18-12/h5,8,11,17H,1-4,6-7,9H2,(H,15,16). The van der Waals surface area contributed by atoms with Crippen LogP contribution in [0.1, 0.15) is 48.5 Å². The van der Waals surface area contributed by atoms with E-state index in [-0.39, 0.29) is 11.8 Å². The summed E-state index contributed by atoms with van der Waals surface area (Å²) in [7, 11) is 0. The van der Waals surface area contributed by atoms with E-state index in [1.807, 2.05) is 0 Å². The molecule has 0 aliphatic heterocycles. The molecule has 18 heavy (non-hydrogen) atoms. The molecular formula is C14H19NO2S. The Hall–Kier alpha value is -0.870. The van der Waals surface area contributed by atoms with Crippen LogP contribution < -0.4 is 5.32 Å². The van der Waals surface area contributed by atoms with Crippen molar-refractivity contribution in [2.24, 2.45) is 0 Å². The number of carbonyl (C=O) groups is 1. The maximum absolute atomic E-state index is 12.2. The largest absolute Gasteiger partial charge is 0.388 e. The molecule has 1 unspecified atom stereocenters. The first-order valence-electron chi connectivity index (χ1n) is 6.74. The second-order valence-corrected chi connectivity index (χ2v) is 6.54. The Balaban J connectivity index is 1.63. The highest BCUT2D eigenvalue weighted by molar-refractivity contribution is 7.10. The van der Waals surface area contributed by atoms with Gasteiger partial charge in [0.25, 0.3) is 0 Å². The highest BCUT2D eigenvalue weighted by Crippen LogP contribution is 2.35. The zero-order valence-corrected chi connectivity index (χ0v) is 11.3. The van der Waals surface area contributed by atoms with Crippen molar-refractivity contribution in [3.63, 3.8) is 0 Å². The highest BCUT2D eigenvalue weighted by atomic mass is 32.1. The van der Waals surface area contributed by atoms with Crippen molar-refractivity contribution < 1.29 is 9.90 Å². The average molecular weight is 265 g/mol. The molecule has 2 N–H and O–H groups in total. The summed E-state index contributed by atoms with van der Waals surface area (Å²) in [6.07, 6.45) is 5.86. The summed E-state index contributed by atoms with van der Waals surface area (Å²) in [5.74, 6) is 0.0957. The zero-order chi connectivity index (χ0) is 12.6. The molecule has 0 aromatic carbocycles. The monoisotopic (exact) mass is 265 g/mol. The lowest BCUT2D eigenvalue weighted by atomic mass is 9.80. The molecule has 1 heterocycles. The van der Waals surface area contributed by atoms with Crippen molar-refractivity contribution in [3.8, 4) is 0 Å². The molecule has 98 valence electrons. The summed E-state index contributed by atoms with van der Waals surface area (Å²) < 4.78 is 0. The first kappa shape index (κ1) is 12.2. The topological polar surface area (TPSA) is 49.3 Å². The Morgan fingerprint density at radius 1 is 1.50 bits per heavy atom. The van der Waals surface area contributed by atoms with E-state index in [1.54, 1.807) is 11.3 Å². The van der Waals surface area contributed by atoms with E-state index in [0.717, 1.165) is 38.5 Å². The SMILES string of the molecule is O=C(NCC1(O)CCC1)C1CCCc2sccc21. The van der Waals surface area contributed by atoms with Gasteiger partial charge in [-0.05, 0) is 55.5 Å². The van der Waals surface area contributed by atoms with Crippen molar-refractivity contribution in [3.05, 3.63) is 21.9 Å². The Morgan fingerprint density at radius 2 is 2.33 bits per heavy atom. The first-order chi connectivity index (χ1) is 8.68. The Morgan fingerprint density at radius 3 is 3.06 bits per heavy atom. The molecule has 1 saturated carbocycles. The number of rotatable bonds is 3. The van der Waals surface area contributed by atoms with Crippen LogP contribution in [0.4, 0.5) is 0 Å². The van der Waals surface area contributed by atoms with E-state index in [0.29, 0.717) is 6.54 Å². The second kappa shape index (κ2) is 4.67. The molecule has 2 aliphatic rings. The number of carbonyl (C=O) groups excluding carboxylic acids is 1. The maximum Gasteiger partial charge on any atom is 0.227 e. The molecular weight excluding hydrogens is 246 g/mol. The van der Waals surface area contributed by atoms with Gasteiger partial charge in [0.1, 0.15) is 0 Å². The average Bonchev–Trinajstić information content (AvgIpc) is 2.81. The van der Waals surface area contributed by atoms with Crippen LogP contribution in [0, 0.1) is 0 Å². The van der Waals surface area contributed by atoms with Gasteiger partial charge in [0.05, 0.1) is 11.5 Å². The van der Waals surface area contributed by atoms with Gasteiger partial charge >= 0.3 is 0 Å². The summed E-state index contributed by atoms with van der Waals surface area (Å²) in [6, 6.07) is 2.08. The molecule has 3 rings (SSSR count). The van der Waals surface area contributed by atoms with Gasteiger partial charge in [0.2, 0.25) is 5.91 Å². The predicted molar refractivity (Wildman–Crippen MR) is 71.8 cm³/mol. The van der Waals surface area contributed by atoms with Gasteiger partial charge in [-0.1, -0.05) is 0 Å². The molecule has 1 atom stereocenters. The lowest BCUT2D eigenvalue weighted by molar-refractivity contribution is -0.125. The fourth-order valence-corrected chi connectivity index (χ4v) is 3.88. The van der Waals surface area contributed by atoms with Crippen LogP contribution in [0.5, 0.6) is 0 Å². The van der Waals surface area contributed by atoms with Crippen molar-refractivity contribution in [2.75, 3.05) is 6.54 Å². The molecule has 0 radical (unpaired) electrons. The quantitative estimate of drug-likeness (QED) is 0.880. The third kappa shape index (κ3) is 2.19. The highest BCUT2D eigenvalue weighted by Gasteiger charge is 2.35. The Bertz CT molecular complexity index is 450.